The number of rotatable bonds is 7. The summed E-state index contributed by atoms with van der Waals surface area (Å²) in [6, 6.07) is 13.8. The van der Waals surface area contributed by atoms with Crippen LogP contribution < -0.4 is 15.5 Å². The van der Waals surface area contributed by atoms with E-state index in [1.165, 1.54) is 20.0 Å². The van der Waals surface area contributed by atoms with E-state index in [-0.39, 0.29) is 65.1 Å². The number of anilines is 2. The molecule has 1 unspecified atom stereocenters. The molecule has 7 heterocycles. The molecular formula is C44H46F2N10O6. The second-order valence-corrected chi connectivity index (χ2v) is 18.5. The Bertz CT molecular complexity index is 2530. The van der Waals surface area contributed by atoms with Crippen molar-refractivity contribution in [2.45, 2.75) is 70.4 Å². The Morgan fingerprint density at radius 3 is 2.37 bits per heavy atom. The van der Waals surface area contributed by atoms with Crippen LogP contribution in [0.4, 0.5) is 25.0 Å². The molecule has 0 saturated carbocycles. The summed E-state index contributed by atoms with van der Waals surface area (Å²) in [5.41, 5.74) is 2.18. The number of nitrogens with one attached hydrogen (secondary N) is 3. The van der Waals surface area contributed by atoms with Gasteiger partial charge in [0.25, 0.3) is 23.6 Å². The predicted octanol–water partition coefficient (Wildman–Crippen LogP) is 4.26. The van der Waals surface area contributed by atoms with E-state index in [1.54, 1.807) is 23.0 Å². The van der Waals surface area contributed by atoms with E-state index in [1.807, 2.05) is 46.2 Å². The van der Waals surface area contributed by atoms with Crippen LogP contribution in [0.5, 0.6) is 0 Å². The van der Waals surface area contributed by atoms with Gasteiger partial charge in [-0.2, -0.15) is 10.2 Å². The highest BCUT2D eigenvalue weighted by atomic mass is 19.3. The summed E-state index contributed by atoms with van der Waals surface area (Å²) in [6.45, 7) is 6.79. The number of alkyl halides is 2. The predicted molar refractivity (Wildman–Crippen MR) is 219 cm³/mol. The molecule has 4 saturated heterocycles. The summed E-state index contributed by atoms with van der Waals surface area (Å²) in [6.07, 6.45) is 4.63. The van der Waals surface area contributed by atoms with Gasteiger partial charge < -0.3 is 20.0 Å². The lowest BCUT2D eigenvalue weighted by atomic mass is 9.72. The number of H-pyrrole nitrogens is 1. The van der Waals surface area contributed by atoms with Crippen LogP contribution in [0.15, 0.2) is 60.9 Å². The highest BCUT2D eigenvalue weighted by molar-refractivity contribution is 6.23. The quantitative estimate of drug-likeness (QED) is 0.229. The Morgan fingerprint density at radius 1 is 0.919 bits per heavy atom. The summed E-state index contributed by atoms with van der Waals surface area (Å²) >= 11 is 0. The lowest BCUT2D eigenvalue weighted by Crippen LogP contribution is -2.66. The number of likely N-dealkylation sites (tertiary alicyclic amines) is 2. The Labute approximate surface area is 354 Å². The minimum absolute atomic E-state index is 0.00331. The van der Waals surface area contributed by atoms with Gasteiger partial charge in [0.1, 0.15) is 6.04 Å². The van der Waals surface area contributed by atoms with Gasteiger partial charge in [-0.05, 0) is 43.0 Å². The molecule has 322 valence electrons. The molecule has 1 spiro atoms. The smallest absolute Gasteiger partial charge is 0.320 e. The van der Waals surface area contributed by atoms with Crippen LogP contribution in [0.25, 0.3) is 0 Å². The number of hydrogen-bond donors (Lipinski definition) is 3. The fourth-order valence-corrected chi connectivity index (χ4v) is 10.2. The van der Waals surface area contributed by atoms with Crippen molar-refractivity contribution < 1.29 is 37.5 Å². The zero-order valence-electron chi connectivity index (χ0n) is 34.3. The van der Waals surface area contributed by atoms with E-state index in [0.717, 1.165) is 42.1 Å². The Hall–Kier alpha value is -6.46. The SMILES string of the molecule is CC1(C)Cc2[nH]nc(C(=O)Nc3cnn([C@H](c4ccccc4)C4CN(C(=O)N5CC6(CCN(c7ccc8c(c7)C(=O)N(C7CCC(=O)NC7=O)C8=O)CC6)C5)C4)c3)c2CC1(F)F. The van der Waals surface area contributed by atoms with Gasteiger partial charge in [0.2, 0.25) is 11.8 Å². The number of halogens is 2. The summed E-state index contributed by atoms with van der Waals surface area (Å²) < 4.78 is 31.7. The standard InChI is InChI=1S/C44H46F2N10O6/c1-42(2)18-32-31(17-44(42,45)46)35(51-50-32)38(59)48-27-19-47-55(22-27)36(25-6-4-3-5-7-25)26-20-53(21-26)41(62)54-23-43(24-54)12-14-52(15-13-43)28-8-9-29-30(16-28)40(61)56(39(29)60)33-10-11-34(57)49-37(33)58/h3-9,16,19,22,26,33,36H,10-15,17-18,20-21,23-24H2,1-2H3,(H,48,59)(H,50,51)(H,49,57,58)/t33?,36-/m1/s1. The van der Waals surface area contributed by atoms with E-state index in [0.29, 0.717) is 37.6 Å². The molecule has 0 radical (unpaired) electrons. The number of carbonyl (C=O) groups excluding carboxylic acids is 6. The lowest BCUT2D eigenvalue weighted by molar-refractivity contribution is -0.136. The molecule has 2 atom stereocenters. The molecular weight excluding hydrogens is 803 g/mol. The molecule has 62 heavy (non-hydrogen) atoms. The first kappa shape index (κ1) is 39.7. The fourth-order valence-electron chi connectivity index (χ4n) is 10.2. The van der Waals surface area contributed by atoms with Crippen LogP contribution in [-0.4, -0.2) is 121 Å². The van der Waals surface area contributed by atoms with Crippen molar-refractivity contribution in [1.82, 2.24) is 40.0 Å². The van der Waals surface area contributed by atoms with Gasteiger partial charge in [0.05, 0.1) is 29.1 Å². The number of amides is 7. The summed E-state index contributed by atoms with van der Waals surface area (Å²) in [5, 5.41) is 16.5. The van der Waals surface area contributed by atoms with Crippen LogP contribution in [0.1, 0.15) is 93.6 Å². The van der Waals surface area contributed by atoms with E-state index in [4.69, 9.17) is 0 Å². The van der Waals surface area contributed by atoms with Crippen molar-refractivity contribution in [2.75, 3.05) is 49.5 Å². The van der Waals surface area contributed by atoms with Crippen molar-refractivity contribution >= 4 is 46.9 Å². The number of fused-ring (bicyclic) bond motifs is 2. The number of urea groups is 1. The molecule has 4 fully saturated rings. The molecule has 10 rings (SSSR count). The van der Waals surface area contributed by atoms with Gasteiger partial charge in [-0.1, -0.05) is 44.2 Å². The minimum Gasteiger partial charge on any atom is -0.371 e. The molecule has 6 aliphatic rings. The third-order valence-corrected chi connectivity index (χ3v) is 14.0. The van der Waals surface area contributed by atoms with Crippen LogP contribution in [-0.2, 0) is 22.4 Å². The van der Waals surface area contributed by atoms with Gasteiger partial charge in [0.15, 0.2) is 5.69 Å². The maximum Gasteiger partial charge on any atom is 0.320 e. The average molecular weight is 849 g/mol. The molecule has 3 N–H and O–H groups in total. The van der Waals surface area contributed by atoms with E-state index < -0.39 is 53.3 Å². The van der Waals surface area contributed by atoms with Crippen molar-refractivity contribution in [1.29, 1.82) is 0 Å². The van der Waals surface area contributed by atoms with E-state index >= 15 is 0 Å². The normalized spacial score (nSPS) is 23.1. The summed E-state index contributed by atoms with van der Waals surface area (Å²) in [7, 11) is 0. The molecule has 16 nitrogen and oxygen atoms in total. The van der Waals surface area contributed by atoms with Crippen molar-refractivity contribution in [3.63, 3.8) is 0 Å². The number of nitrogens with zero attached hydrogens (tertiary/aromatic N) is 7. The number of aromatic nitrogens is 4. The molecule has 2 aromatic heterocycles. The molecule has 7 amide bonds. The number of carbonyl (C=O) groups is 6. The third kappa shape index (κ3) is 6.52. The maximum atomic E-state index is 14.9. The first-order chi connectivity index (χ1) is 29.6. The van der Waals surface area contributed by atoms with Gasteiger partial charge in [-0.3, -0.25) is 44.0 Å². The minimum atomic E-state index is -2.99. The zero-order valence-corrected chi connectivity index (χ0v) is 34.3. The van der Waals surface area contributed by atoms with Gasteiger partial charge in [0, 0.05) is 98.4 Å². The molecule has 4 aromatic rings. The largest absolute Gasteiger partial charge is 0.371 e. The highest BCUT2D eigenvalue weighted by Crippen LogP contribution is 2.47. The van der Waals surface area contributed by atoms with E-state index in [9.17, 15) is 37.5 Å². The number of piperidine rings is 2. The molecule has 2 aromatic carbocycles. The monoisotopic (exact) mass is 848 g/mol. The molecule has 5 aliphatic heterocycles. The molecule has 1 aliphatic carbocycles. The maximum absolute atomic E-state index is 14.9. The van der Waals surface area contributed by atoms with Crippen LogP contribution in [0.3, 0.4) is 0 Å². The number of imide groups is 2. The topological polar surface area (TPSA) is 186 Å². The summed E-state index contributed by atoms with van der Waals surface area (Å²) in [5.74, 6) is -5.67. The third-order valence-electron chi connectivity index (χ3n) is 14.0. The number of benzene rings is 2. The fraction of sp³-hybridized carbons (Fsp3) is 0.455. The first-order valence-corrected chi connectivity index (χ1v) is 21.1. The molecule has 18 heteroatoms. The number of aromatic amines is 1. The lowest BCUT2D eigenvalue weighted by Gasteiger charge is -2.56. The van der Waals surface area contributed by atoms with Gasteiger partial charge in [-0.25, -0.2) is 13.6 Å². The molecule has 0 bridgehead atoms. The van der Waals surface area contributed by atoms with Gasteiger partial charge in [-0.15, -0.1) is 0 Å². The number of hydrogen-bond acceptors (Lipinski definition) is 9. The zero-order chi connectivity index (χ0) is 43.3. The van der Waals surface area contributed by atoms with Crippen molar-refractivity contribution in [3.8, 4) is 0 Å². The van der Waals surface area contributed by atoms with Gasteiger partial charge >= 0.3 is 6.03 Å². The van der Waals surface area contributed by atoms with E-state index in [2.05, 4.69) is 30.8 Å². The second-order valence-electron chi connectivity index (χ2n) is 18.5. The second kappa shape index (κ2) is 14.3. The summed E-state index contributed by atoms with van der Waals surface area (Å²) in [4.78, 5) is 84.7. The Balaban J connectivity index is 0.742. The van der Waals surface area contributed by atoms with Crippen molar-refractivity contribution in [2.24, 2.45) is 16.7 Å². The van der Waals surface area contributed by atoms with Crippen LogP contribution >= 0.6 is 0 Å². The van der Waals surface area contributed by atoms with Crippen LogP contribution in [0.2, 0.25) is 0 Å². The Morgan fingerprint density at radius 2 is 1.65 bits per heavy atom. The Kier molecular flexibility index (Phi) is 9.15. The highest BCUT2D eigenvalue weighted by Gasteiger charge is 2.53. The van der Waals surface area contributed by atoms with Crippen molar-refractivity contribution in [3.05, 3.63) is 94.6 Å². The average Bonchev–Trinajstić information content (AvgIpc) is 3.90. The van der Waals surface area contributed by atoms with Crippen LogP contribution in [0, 0.1) is 16.7 Å². The first-order valence-electron chi connectivity index (χ1n) is 21.1.